The summed E-state index contributed by atoms with van der Waals surface area (Å²) in [6.45, 7) is 5.50. The third-order valence-corrected chi connectivity index (χ3v) is 7.69. The zero-order valence-corrected chi connectivity index (χ0v) is 18.2. The maximum atomic E-state index is 13.1. The van der Waals surface area contributed by atoms with Gasteiger partial charge in [0.15, 0.2) is 0 Å². The van der Waals surface area contributed by atoms with E-state index >= 15 is 0 Å². The number of esters is 1. The quantitative estimate of drug-likeness (QED) is 0.703. The average Bonchev–Trinajstić information content (AvgIpc) is 3.00. The van der Waals surface area contributed by atoms with E-state index in [-0.39, 0.29) is 11.5 Å². The number of hydrogen-bond donors (Lipinski definition) is 1. The van der Waals surface area contributed by atoms with Crippen molar-refractivity contribution in [1.29, 1.82) is 0 Å². The van der Waals surface area contributed by atoms with Crippen molar-refractivity contribution in [3.63, 3.8) is 0 Å². The van der Waals surface area contributed by atoms with Gasteiger partial charge in [-0.3, -0.25) is 4.72 Å². The molecular weight excluding hydrogens is 398 g/mol. The summed E-state index contributed by atoms with van der Waals surface area (Å²) in [6, 6.07) is 3.30. The summed E-state index contributed by atoms with van der Waals surface area (Å²) < 4.78 is 39.4. The molecule has 1 aromatic heterocycles. The van der Waals surface area contributed by atoms with E-state index in [1.54, 1.807) is 40.0 Å². The van der Waals surface area contributed by atoms with E-state index in [0.29, 0.717) is 21.9 Å². The van der Waals surface area contributed by atoms with Crippen LogP contribution in [-0.4, -0.2) is 28.1 Å². The molecule has 28 heavy (non-hydrogen) atoms. The maximum Gasteiger partial charge on any atom is 0.341 e. The Morgan fingerprint density at radius 3 is 2.57 bits per heavy atom. The second-order valence-electron chi connectivity index (χ2n) is 6.83. The molecule has 0 spiro atoms. The van der Waals surface area contributed by atoms with E-state index in [4.69, 9.17) is 9.47 Å². The summed E-state index contributed by atoms with van der Waals surface area (Å²) in [6.07, 6.45) is 3.65. The average molecular weight is 424 g/mol. The number of hydrogen-bond acceptors (Lipinski definition) is 6. The number of ether oxygens (including phenoxy) is 2. The third kappa shape index (κ3) is 3.89. The first-order valence-corrected chi connectivity index (χ1v) is 11.6. The molecule has 0 atom stereocenters. The molecule has 3 rings (SSSR count). The molecule has 2 aromatic rings. The van der Waals surface area contributed by atoms with Crippen molar-refractivity contribution in [3.05, 3.63) is 39.3 Å². The van der Waals surface area contributed by atoms with Crippen LogP contribution < -0.4 is 9.46 Å². The van der Waals surface area contributed by atoms with Gasteiger partial charge in [-0.15, -0.1) is 11.3 Å². The van der Waals surface area contributed by atoms with Gasteiger partial charge in [0, 0.05) is 4.88 Å². The van der Waals surface area contributed by atoms with Gasteiger partial charge < -0.3 is 9.47 Å². The van der Waals surface area contributed by atoms with Gasteiger partial charge in [0.25, 0.3) is 10.0 Å². The number of thiophene rings is 1. The molecule has 0 bridgehead atoms. The molecule has 1 N–H and O–H groups in total. The van der Waals surface area contributed by atoms with Gasteiger partial charge in [0.2, 0.25) is 0 Å². The predicted octanol–water partition coefficient (Wildman–Crippen LogP) is 4.23. The number of nitrogens with one attached hydrogen (secondary N) is 1. The van der Waals surface area contributed by atoms with Crippen molar-refractivity contribution < 1.29 is 22.7 Å². The Labute approximate surface area is 169 Å². The first-order valence-electron chi connectivity index (χ1n) is 9.28. The van der Waals surface area contributed by atoms with E-state index in [2.05, 4.69) is 4.72 Å². The lowest BCUT2D eigenvalue weighted by Gasteiger charge is -2.14. The van der Waals surface area contributed by atoms with Crippen LogP contribution in [0.25, 0.3) is 0 Å². The number of sulfonamides is 1. The van der Waals surface area contributed by atoms with Crippen LogP contribution in [0.3, 0.4) is 0 Å². The standard InChI is InChI=1S/C20H25NO5S2/c1-5-26-20(22)18-14-8-6-7-9-16(14)27-19(18)21-28(23,24)17-11-12(2)15(25-4)10-13(17)3/h10-11,21H,5-9H2,1-4H3. The van der Waals surface area contributed by atoms with Crippen molar-refractivity contribution >= 4 is 32.3 Å². The second-order valence-corrected chi connectivity index (χ2v) is 9.58. The zero-order chi connectivity index (χ0) is 20.5. The molecule has 1 aliphatic carbocycles. The molecule has 0 saturated carbocycles. The molecule has 0 saturated heterocycles. The normalized spacial score (nSPS) is 13.7. The van der Waals surface area contributed by atoms with Gasteiger partial charge in [-0.05, 0) is 75.3 Å². The summed E-state index contributed by atoms with van der Waals surface area (Å²) >= 11 is 1.34. The van der Waals surface area contributed by atoms with E-state index in [0.717, 1.165) is 41.7 Å². The Bertz CT molecular complexity index is 1010. The van der Waals surface area contributed by atoms with Crippen molar-refractivity contribution in [2.75, 3.05) is 18.4 Å². The molecule has 0 amide bonds. The van der Waals surface area contributed by atoms with Crippen molar-refractivity contribution in [3.8, 4) is 5.75 Å². The van der Waals surface area contributed by atoms with Crippen LogP contribution >= 0.6 is 11.3 Å². The van der Waals surface area contributed by atoms with Crippen LogP contribution in [0.4, 0.5) is 5.00 Å². The van der Waals surface area contributed by atoms with Crippen LogP contribution in [0.15, 0.2) is 17.0 Å². The van der Waals surface area contributed by atoms with Crippen molar-refractivity contribution in [1.82, 2.24) is 0 Å². The highest BCUT2D eigenvalue weighted by molar-refractivity contribution is 7.93. The molecule has 8 heteroatoms. The minimum Gasteiger partial charge on any atom is -0.496 e. The smallest absolute Gasteiger partial charge is 0.341 e. The Morgan fingerprint density at radius 2 is 1.89 bits per heavy atom. The lowest BCUT2D eigenvalue weighted by atomic mass is 9.95. The van der Waals surface area contributed by atoms with Crippen LogP contribution in [0.5, 0.6) is 5.75 Å². The SMILES string of the molecule is CCOC(=O)c1c(NS(=O)(=O)c2cc(C)c(OC)cc2C)sc2c1CCCC2. The Balaban J connectivity index is 2.04. The molecule has 1 aromatic carbocycles. The van der Waals surface area contributed by atoms with Crippen LogP contribution in [0.1, 0.15) is 51.7 Å². The highest BCUT2D eigenvalue weighted by Crippen LogP contribution is 2.40. The maximum absolute atomic E-state index is 13.1. The van der Waals surface area contributed by atoms with Crippen LogP contribution in [-0.2, 0) is 27.6 Å². The topological polar surface area (TPSA) is 81.7 Å². The van der Waals surface area contributed by atoms with Crippen LogP contribution in [0, 0.1) is 13.8 Å². The molecular formula is C20H25NO5S2. The lowest BCUT2D eigenvalue weighted by Crippen LogP contribution is -2.17. The number of benzene rings is 1. The Hall–Kier alpha value is -2.06. The number of carbonyl (C=O) groups is 1. The number of carbonyl (C=O) groups excluding carboxylic acids is 1. The minimum atomic E-state index is -3.86. The monoisotopic (exact) mass is 423 g/mol. The fraction of sp³-hybridized carbons (Fsp3) is 0.450. The number of methoxy groups -OCH3 is 1. The summed E-state index contributed by atoms with van der Waals surface area (Å²) in [4.78, 5) is 13.8. The molecule has 6 nitrogen and oxygen atoms in total. The summed E-state index contributed by atoms with van der Waals surface area (Å²) in [5, 5.41) is 0.346. The summed E-state index contributed by atoms with van der Waals surface area (Å²) in [7, 11) is -2.31. The van der Waals surface area contributed by atoms with Gasteiger partial charge >= 0.3 is 5.97 Å². The fourth-order valence-corrected chi connectivity index (χ4v) is 6.40. The third-order valence-electron chi connectivity index (χ3n) is 4.86. The number of aryl methyl sites for hydroxylation is 3. The lowest BCUT2D eigenvalue weighted by molar-refractivity contribution is 0.0526. The fourth-order valence-electron chi connectivity index (χ4n) is 3.51. The van der Waals surface area contributed by atoms with Gasteiger partial charge in [-0.1, -0.05) is 0 Å². The Morgan fingerprint density at radius 1 is 1.18 bits per heavy atom. The molecule has 0 unspecified atom stereocenters. The van der Waals surface area contributed by atoms with Crippen LogP contribution in [0.2, 0.25) is 0 Å². The molecule has 152 valence electrons. The minimum absolute atomic E-state index is 0.173. The molecule has 0 aliphatic heterocycles. The highest BCUT2D eigenvalue weighted by atomic mass is 32.2. The Kier molecular flexibility index (Phi) is 6.00. The molecule has 0 fully saturated rings. The van der Waals surface area contributed by atoms with Gasteiger partial charge in [-0.2, -0.15) is 0 Å². The summed E-state index contributed by atoms with van der Waals surface area (Å²) in [5.74, 6) is 0.164. The van der Waals surface area contributed by atoms with Gasteiger partial charge in [0.05, 0.1) is 24.2 Å². The van der Waals surface area contributed by atoms with E-state index in [1.165, 1.54) is 11.3 Å². The predicted molar refractivity (Wildman–Crippen MR) is 110 cm³/mol. The summed E-state index contributed by atoms with van der Waals surface area (Å²) in [5.41, 5.74) is 2.60. The van der Waals surface area contributed by atoms with E-state index in [9.17, 15) is 13.2 Å². The zero-order valence-electron chi connectivity index (χ0n) is 16.5. The molecule has 1 heterocycles. The molecule has 1 aliphatic rings. The molecule has 0 radical (unpaired) electrons. The van der Waals surface area contributed by atoms with E-state index in [1.807, 2.05) is 0 Å². The first kappa shape index (κ1) is 20.7. The van der Waals surface area contributed by atoms with Gasteiger partial charge in [0.1, 0.15) is 10.8 Å². The number of fused-ring (bicyclic) bond motifs is 1. The van der Waals surface area contributed by atoms with Gasteiger partial charge in [-0.25, -0.2) is 13.2 Å². The van der Waals surface area contributed by atoms with Crippen molar-refractivity contribution in [2.45, 2.75) is 51.3 Å². The van der Waals surface area contributed by atoms with E-state index < -0.39 is 16.0 Å². The highest BCUT2D eigenvalue weighted by Gasteiger charge is 2.29. The number of rotatable bonds is 6. The largest absolute Gasteiger partial charge is 0.496 e. The van der Waals surface area contributed by atoms with Crippen molar-refractivity contribution in [2.24, 2.45) is 0 Å². The second kappa shape index (κ2) is 8.13. The number of anilines is 1. The first-order chi connectivity index (χ1) is 13.3.